The summed E-state index contributed by atoms with van der Waals surface area (Å²) in [5.74, 6) is 1.30. The summed E-state index contributed by atoms with van der Waals surface area (Å²) in [5.41, 5.74) is 2.67. The molecule has 5 rings (SSSR count). The Bertz CT molecular complexity index is 1010. The molecule has 0 radical (unpaired) electrons. The van der Waals surface area contributed by atoms with Crippen LogP contribution in [0.25, 0.3) is 10.9 Å². The molecule has 1 spiro atoms. The highest BCUT2D eigenvalue weighted by Crippen LogP contribution is 2.57. The summed E-state index contributed by atoms with van der Waals surface area (Å²) >= 11 is 0. The van der Waals surface area contributed by atoms with Crippen LogP contribution in [0.15, 0.2) is 30.5 Å². The second kappa shape index (κ2) is 7.67. The van der Waals surface area contributed by atoms with E-state index in [0.717, 1.165) is 49.1 Å². The Morgan fingerprint density at radius 1 is 1.30 bits per heavy atom. The summed E-state index contributed by atoms with van der Waals surface area (Å²) in [6.45, 7) is 4.09. The third kappa shape index (κ3) is 3.48. The summed E-state index contributed by atoms with van der Waals surface area (Å²) in [5, 5.41) is 10.5. The topological polar surface area (TPSA) is 60.2 Å². The number of anilines is 1. The number of ketones is 1. The highest BCUT2D eigenvalue weighted by Gasteiger charge is 2.57. The van der Waals surface area contributed by atoms with Gasteiger partial charge in [0.1, 0.15) is 11.9 Å². The number of hydrogen-bond donors (Lipinski definition) is 0. The first-order valence-electron chi connectivity index (χ1n) is 11.3. The zero-order valence-electron chi connectivity index (χ0n) is 17.8. The molecule has 2 aromatic rings. The first-order chi connectivity index (χ1) is 14.6. The lowest BCUT2D eigenvalue weighted by atomic mass is 9.84. The molecule has 3 fully saturated rings. The van der Waals surface area contributed by atoms with Gasteiger partial charge in [-0.2, -0.15) is 5.26 Å². The first-order valence-corrected chi connectivity index (χ1v) is 11.3. The smallest absolute Gasteiger partial charge is 0.138 e. The lowest BCUT2D eigenvalue weighted by Gasteiger charge is -2.29. The van der Waals surface area contributed by atoms with Crippen LogP contribution in [0.3, 0.4) is 0 Å². The van der Waals surface area contributed by atoms with Gasteiger partial charge < -0.3 is 9.80 Å². The Labute approximate surface area is 178 Å². The Kier molecular flexibility index (Phi) is 4.99. The largest absolute Gasteiger partial charge is 0.370 e. The van der Waals surface area contributed by atoms with Crippen molar-refractivity contribution >= 4 is 22.4 Å². The van der Waals surface area contributed by atoms with E-state index in [2.05, 4.69) is 27.9 Å². The lowest BCUT2D eigenvalue weighted by Crippen LogP contribution is -2.33. The van der Waals surface area contributed by atoms with E-state index >= 15 is 0 Å². The standard InChI is InChI=1S/C25H30N4O/c1-28-13-3-4-18(15-28)6-9-23(30)21-16-29(17-25(21)10-11-25)22-8-7-19(14-26)24-20(22)5-2-12-27-24/h2,5,7-8,12,18,21H,3-4,6,9-11,13,15-17H2,1H3. The van der Waals surface area contributed by atoms with Crippen molar-refractivity contribution in [2.45, 2.75) is 38.5 Å². The minimum absolute atomic E-state index is 0.154. The lowest BCUT2D eigenvalue weighted by molar-refractivity contribution is -0.124. The van der Waals surface area contributed by atoms with E-state index in [1.165, 1.54) is 32.2 Å². The molecule has 1 saturated carbocycles. The van der Waals surface area contributed by atoms with Crippen molar-refractivity contribution in [1.82, 2.24) is 9.88 Å². The number of pyridine rings is 1. The van der Waals surface area contributed by atoms with Crippen LogP contribution in [0.2, 0.25) is 0 Å². The van der Waals surface area contributed by atoms with E-state index in [0.29, 0.717) is 17.3 Å². The Hall–Kier alpha value is -2.45. The van der Waals surface area contributed by atoms with Crippen LogP contribution in [0.4, 0.5) is 5.69 Å². The molecular formula is C25H30N4O. The van der Waals surface area contributed by atoms with Crippen molar-refractivity contribution in [2.75, 3.05) is 38.1 Å². The molecule has 1 aromatic carbocycles. The van der Waals surface area contributed by atoms with E-state index in [4.69, 9.17) is 0 Å². The number of aromatic nitrogens is 1. The van der Waals surface area contributed by atoms with Crippen LogP contribution in [0.5, 0.6) is 0 Å². The van der Waals surface area contributed by atoms with Crippen molar-refractivity contribution in [3.05, 3.63) is 36.0 Å². The number of Topliss-reactive ketones (excluding diaryl/α,β-unsaturated/α-hetero) is 1. The summed E-state index contributed by atoms with van der Waals surface area (Å²) < 4.78 is 0. The van der Waals surface area contributed by atoms with Crippen LogP contribution in [0, 0.1) is 28.6 Å². The monoisotopic (exact) mass is 402 g/mol. The number of carbonyl (C=O) groups is 1. The molecule has 3 aliphatic rings. The van der Waals surface area contributed by atoms with Crippen LogP contribution < -0.4 is 4.90 Å². The van der Waals surface area contributed by atoms with Gasteiger partial charge in [-0.05, 0) is 81.3 Å². The Morgan fingerprint density at radius 2 is 2.17 bits per heavy atom. The summed E-state index contributed by atoms with van der Waals surface area (Å²) in [6.07, 6.45) is 8.37. The number of nitrogens with zero attached hydrogens (tertiary/aromatic N) is 4. The van der Waals surface area contributed by atoms with Gasteiger partial charge in [-0.1, -0.05) is 0 Å². The molecule has 0 N–H and O–H groups in total. The number of fused-ring (bicyclic) bond motifs is 1. The van der Waals surface area contributed by atoms with Gasteiger partial charge in [0.05, 0.1) is 11.1 Å². The summed E-state index contributed by atoms with van der Waals surface area (Å²) in [6, 6.07) is 10.2. The predicted octanol–water partition coefficient (Wildman–Crippen LogP) is 4.01. The van der Waals surface area contributed by atoms with E-state index in [-0.39, 0.29) is 11.3 Å². The average Bonchev–Trinajstić information content (AvgIpc) is 3.43. The fourth-order valence-electron chi connectivity index (χ4n) is 5.82. The van der Waals surface area contributed by atoms with Gasteiger partial charge in [0, 0.05) is 49.2 Å². The molecule has 1 aromatic heterocycles. The highest BCUT2D eigenvalue weighted by molar-refractivity contribution is 5.96. The fourth-order valence-corrected chi connectivity index (χ4v) is 5.82. The van der Waals surface area contributed by atoms with Gasteiger partial charge in [0.25, 0.3) is 0 Å². The number of likely N-dealkylation sites (tertiary alicyclic amines) is 1. The fraction of sp³-hybridized carbons (Fsp3) is 0.560. The SMILES string of the molecule is CN1CCCC(CCC(=O)C2CN(c3ccc(C#N)c4ncccc34)CC23CC3)C1. The molecule has 2 unspecified atom stereocenters. The van der Waals surface area contributed by atoms with Crippen molar-refractivity contribution in [3.63, 3.8) is 0 Å². The minimum Gasteiger partial charge on any atom is -0.370 e. The first kappa shape index (κ1) is 19.5. The Morgan fingerprint density at radius 3 is 2.93 bits per heavy atom. The molecule has 5 nitrogen and oxygen atoms in total. The maximum absolute atomic E-state index is 13.3. The normalized spacial score (nSPS) is 25.5. The molecule has 3 heterocycles. The summed E-state index contributed by atoms with van der Waals surface area (Å²) in [4.78, 5) is 22.5. The van der Waals surface area contributed by atoms with Crippen LogP contribution in [-0.4, -0.2) is 48.9 Å². The second-order valence-corrected chi connectivity index (χ2v) is 9.71. The molecule has 0 amide bonds. The van der Waals surface area contributed by atoms with Gasteiger partial charge in [-0.25, -0.2) is 0 Å². The predicted molar refractivity (Wildman–Crippen MR) is 118 cm³/mol. The van der Waals surface area contributed by atoms with E-state index in [1.54, 1.807) is 6.20 Å². The number of hydrogen-bond acceptors (Lipinski definition) is 5. The molecule has 1 aliphatic carbocycles. The third-order valence-corrected chi connectivity index (χ3v) is 7.66. The molecule has 30 heavy (non-hydrogen) atoms. The molecule has 2 aliphatic heterocycles. The van der Waals surface area contributed by atoms with Gasteiger partial charge in [-0.15, -0.1) is 0 Å². The van der Waals surface area contributed by atoms with Gasteiger partial charge in [0.15, 0.2) is 0 Å². The molecular weight excluding hydrogens is 372 g/mol. The van der Waals surface area contributed by atoms with Crippen molar-refractivity contribution in [1.29, 1.82) is 5.26 Å². The highest BCUT2D eigenvalue weighted by atomic mass is 16.1. The number of benzene rings is 1. The second-order valence-electron chi connectivity index (χ2n) is 9.71. The Balaban J connectivity index is 1.33. The van der Waals surface area contributed by atoms with Crippen LogP contribution >= 0.6 is 0 Å². The van der Waals surface area contributed by atoms with Gasteiger partial charge in [0.2, 0.25) is 0 Å². The molecule has 0 bridgehead atoms. The quantitative estimate of drug-likeness (QED) is 0.756. The zero-order chi connectivity index (χ0) is 20.7. The zero-order valence-corrected chi connectivity index (χ0v) is 17.8. The minimum atomic E-state index is 0.154. The van der Waals surface area contributed by atoms with E-state index < -0.39 is 0 Å². The third-order valence-electron chi connectivity index (χ3n) is 7.66. The number of rotatable bonds is 5. The van der Waals surface area contributed by atoms with Crippen LogP contribution in [-0.2, 0) is 4.79 Å². The van der Waals surface area contributed by atoms with E-state index in [9.17, 15) is 10.1 Å². The average molecular weight is 403 g/mol. The molecule has 2 atom stereocenters. The van der Waals surface area contributed by atoms with Crippen LogP contribution in [0.1, 0.15) is 44.1 Å². The number of carbonyl (C=O) groups excluding carboxylic acids is 1. The maximum Gasteiger partial charge on any atom is 0.138 e. The van der Waals surface area contributed by atoms with Crippen molar-refractivity contribution in [3.8, 4) is 6.07 Å². The molecule has 2 saturated heterocycles. The number of nitriles is 1. The van der Waals surface area contributed by atoms with E-state index in [1.807, 2.05) is 24.3 Å². The number of piperidine rings is 1. The molecule has 5 heteroatoms. The van der Waals surface area contributed by atoms with Crippen molar-refractivity contribution in [2.24, 2.45) is 17.3 Å². The maximum atomic E-state index is 13.3. The van der Waals surface area contributed by atoms with Gasteiger partial charge >= 0.3 is 0 Å². The van der Waals surface area contributed by atoms with Crippen molar-refractivity contribution < 1.29 is 4.79 Å². The summed E-state index contributed by atoms with van der Waals surface area (Å²) in [7, 11) is 2.19. The molecule has 156 valence electrons. The van der Waals surface area contributed by atoms with Gasteiger partial charge in [-0.3, -0.25) is 9.78 Å².